The van der Waals surface area contributed by atoms with Crippen molar-refractivity contribution in [1.29, 1.82) is 0 Å². The smallest absolute Gasteiger partial charge is 0.323 e. The monoisotopic (exact) mass is 235 g/mol. The molecular weight excluding hydrogens is 214 g/mol. The average molecular weight is 235 g/mol. The molecule has 0 saturated heterocycles. The highest BCUT2D eigenvalue weighted by atomic mass is 16.4. The molecule has 0 bridgehead atoms. The minimum atomic E-state index is -0.777. The molecule has 0 aliphatic heterocycles. The minimum absolute atomic E-state index is 0.0733. The van der Waals surface area contributed by atoms with Gasteiger partial charge in [0.15, 0.2) is 0 Å². The zero-order valence-electron chi connectivity index (χ0n) is 10.9. The van der Waals surface area contributed by atoms with Gasteiger partial charge in [-0.3, -0.25) is 4.79 Å². The van der Waals surface area contributed by atoms with E-state index in [9.17, 15) is 4.79 Å². The van der Waals surface area contributed by atoms with E-state index < -0.39 is 5.97 Å². The van der Waals surface area contributed by atoms with E-state index in [0.717, 1.165) is 30.6 Å². The molecule has 0 amide bonds. The maximum Gasteiger partial charge on any atom is 0.323 e. The van der Waals surface area contributed by atoms with Gasteiger partial charge in [-0.2, -0.15) is 0 Å². The van der Waals surface area contributed by atoms with Crippen molar-refractivity contribution < 1.29 is 9.90 Å². The lowest BCUT2D eigenvalue weighted by Crippen LogP contribution is -2.31. The van der Waals surface area contributed by atoms with E-state index in [0.29, 0.717) is 0 Å². The van der Waals surface area contributed by atoms with Gasteiger partial charge in [0.1, 0.15) is 6.54 Å². The molecule has 1 rings (SSSR count). The molecule has 0 saturated carbocycles. The van der Waals surface area contributed by atoms with Crippen molar-refractivity contribution in [2.75, 3.05) is 18.0 Å². The number of carboxylic acids is 1. The Morgan fingerprint density at radius 1 is 1.35 bits per heavy atom. The predicted octanol–water partition coefficient (Wildman–Crippen LogP) is 2.99. The van der Waals surface area contributed by atoms with Crippen molar-refractivity contribution in [3.8, 4) is 0 Å². The number of carbonyl (C=O) groups is 1. The molecule has 0 spiro atoms. The summed E-state index contributed by atoms with van der Waals surface area (Å²) >= 11 is 0. The third-order valence-electron chi connectivity index (χ3n) is 2.80. The number of hydrogen-bond acceptors (Lipinski definition) is 2. The number of hydrogen-bond donors (Lipinski definition) is 1. The number of rotatable bonds is 6. The van der Waals surface area contributed by atoms with Gasteiger partial charge in [0.2, 0.25) is 0 Å². The average Bonchev–Trinajstić information content (AvgIpc) is 2.24. The van der Waals surface area contributed by atoms with E-state index in [-0.39, 0.29) is 6.54 Å². The molecule has 94 valence electrons. The number of anilines is 1. The second-order valence-corrected chi connectivity index (χ2v) is 4.46. The summed E-state index contributed by atoms with van der Waals surface area (Å²) in [7, 11) is 0. The number of unbranched alkanes of at least 4 members (excludes halogenated alkanes) is 1. The zero-order chi connectivity index (χ0) is 12.8. The molecule has 0 aliphatic carbocycles. The Labute approximate surface area is 103 Å². The third-order valence-corrected chi connectivity index (χ3v) is 2.80. The largest absolute Gasteiger partial charge is 0.480 e. The van der Waals surface area contributed by atoms with Crippen LogP contribution in [0.15, 0.2) is 18.2 Å². The van der Waals surface area contributed by atoms with Crippen molar-refractivity contribution in [2.45, 2.75) is 33.6 Å². The van der Waals surface area contributed by atoms with Crippen molar-refractivity contribution in [3.63, 3.8) is 0 Å². The van der Waals surface area contributed by atoms with Gasteiger partial charge in [-0.15, -0.1) is 0 Å². The molecule has 1 aromatic carbocycles. The Morgan fingerprint density at radius 2 is 2.06 bits per heavy atom. The Balaban J connectivity index is 2.90. The van der Waals surface area contributed by atoms with Crippen LogP contribution in [0.5, 0.6) is 0 Å². The van der Waals surface area contributed by atoms with Gasteiger partial charge in [0.05, 0.1) is 0 Å². The van der Waals surface area contributed by atoms with E-state index in [1.165, 1.54) is 5.56 Å². The van der Waals surface area contributed by atoms with Crippen LogP contribution in [-0.4, -0.2) is 24.2 Å². The van der Waals surface area contributed by atoms with E-state index in [1.807, 2.05) is 30.9 Å². The number of aliphatic carboxylic acids is 1. The Hall–Kier alpha value is -1.51. The Morgan fingerprint density at radius 3 is 2.59 bits per heavy atom. The molecule has 3 heteroatoms. The summed E-state index contributed by atoms with van der Waals surface area (Å²) in [4.78, 5) is 12.8. The molecule has 0 unspecified atom stereocenters. The van der Waals surface area contributed by atoms with Gasteiger partial charge in [-0.05, 0) is 31.9 Å². The zero-order valence-corrected chi connectivity index (χ0v) is 10.9. The topological polar surface area (TPSA) is 40.5 Å². The summed E-state index contributed by atoms with van der Waals surface area (Å²) in [6, 6.07) is 6.14. The fourth-order valence-electron chi connectivity index (χ4n) is 1.96. The Kier molecular flexibility index (Phi) is 5.01. The summed E-state index contributed by atoms with van der Waals surface area (Å²) in [5.41, 5.74) is 3.38. The quantitative estimate of drug-likeness (QED) is 0.824. The molecule has 1 aromatic rings. The Bertz CT molecular complexity index is 388. The first kappa shape index (κ1) is 13.6. The molecule has 0 fully saturated rings. The van der Waals surface area contributed by atoms with E-state index in [1.54, 1.807) is 0 Å². The molecule has 3 nitrogen and oxygen atoms in total. The highest BCUT2D eigenvalue weighted by Gasteiger charge is 2.12. The number of benzene rings is 1. The summed E-state index contributed by atoms with van der Waals surface area (Å²) in [5, 5.41) is 8.95. The fourth-order valence-corrected chi connectivity index (χ4v) is 1.96. The van der Waals surface area contributed by atoms with Crippen LogP contribution in [0.3, 0.4) is 0 Å². The van der Waals surface area contributed by atoms with Gasteiger partial charge in [-0.25, -0.2) is 0 Å². The normalized spacial score (nSPS) is 10.3. The lowest BCUT2D eigenvalue weighted by atomic mass is 10.1. The van der Waals surface area contributed by atoms with Crippen molar-refractivity contribution in [1.82, 2.24) is 0 Å². The van der Waals surface area contributed by atoms with Gasteiger partial charge in [0.25, 0.3) is 0 Å². The second kappa shape index (κ2) is 6.28. The molecule has 0 heterocycles. The predicted molar refractivity (Wildman–Crippen MR) is 70.7 cm³/mol. The van der Waals surface area contributed by atoms with E-state index in [2.05, 4.69) is 13.0 Å². The third kappa shape index (κ3) is 4.10. The van der Waals surface area contributed by atoms with Gasteiger partial charge < -0.3 is 10.0 Å². The van der Waals surface area contributed by atoms with Crippen LogP contribution < -0.4 is 4.90 Å². The highest BCUT2D eigenvalue weighted by Crippen LogP contribution is 2.21. The van der Waals surface area contributed by atoms with E-state index >= 15 is 0 Å². The fraction of sp³-hybridized carbons (Fsp3) is 0.500. The number of carboxylic acid groups (broad SMARTS) is 1. The van der Waals surface area contributed by atoms with Crippen LogP contribution in [0.1, 0.15) is 30.9 Å². The first-order valence-electron chi connectivity index (χ1n) is 6.08. The standard InChI is InChI=1S/C14H21NO2/c1-4-5-8-15(10-14(16)17)13-7-6-11(2)9-12(13)3/h6-7,9H,4-5,8,10H2,1-3H3,(H,16,17). The van der Waals surface area contributed by atoms with Crippen LogP contribution in [-0.2, 0) is 4.79 Å². The van der Waals surface area contributed by atoms with Crippen molar-refractivity contribution in [3.05, 3.63) is 29.3 Å². The molecule has 17 heavy (non-hydrogen) atoms. The summed E-state index contributed by atoms with van der Waals surface area (Å²) < 4.78 is 0. The SMILES string of the molecule is CCCCN(CC(=O)O)c1ccc(C)cc1C. The van der Waals surface area contributed by atoms with Crippen LogP contribution in [0.2, 0.25) is 0 Å². The molecule has 0 aromatic heterocycles. The van der Waals surface area contributed by atoms with Crippen LogP contribution >= 0.6 is 0 Å². The van der Waals surface area contributed by atoms with E-state index in [4.69, 9.17) is 5.11 Å². The van der Waals surface area contributed by atoms with Gasteiger partial charge in [-0.1, -0.05) is 31.0 Å². The highest BCUT2D eigenvalue weighted by molar-refractivity contribution is 5.74. The number of nitrogens with zero attached hydrogens (tertiary/aromatic N) is 1. The summed E-state index contributed by atoms with van der Waals surface area (Å²) in [5.74, 6) is -0.777. The first-order valence-corrected chi connectivity index (χ1v) is 6.08. The number of aryl methyl sites for hydroxylation is 2. The van der Waals surface area contributed by atoms with Crippen LogP contribution in [0.4, 0.5) is 5.69 Å². The molecular formula is C14H21NO2. The molecule has 0 radical (unpaired) electrons. The molecule has 0 aliphatic rings. The summed E-state index contributed by atoms with van der Waals surface area (Å²) in [6.45, 7) is 7.06. The maximum atomic E-state index is 10.9. The first-order chi connectivity index (χ1) is 8.04. The summed E-state index contributed by atoms with van der Waals surface area (Å²) in [6.07, 6.45) is 2.08. The minimum Gasteiger partial charge on any atom is -0.480 e. The lowest BCUT2D eigenvalue weighted by Gasteiger charge is -2.24. The van der Waals surface area contributed by atoms with Gasteiger partial charge >= 0.3 is 5.97 Å². The van der Waals surface area contributed by atoms with Crippen molar-refractivity contribution >= 4 is 11.7 Å². The molecule has 1 N–H and O–H groups in total. The second-order valence-electron chi connectivity index (χ2n) is 4.46. The maximum absolute atomic E-state index is 10.9. The van der Waals surface area contributed by atoms with Crippen molar-refractivity contribution in [2.24, 2.45) is 0 Å². The lowest BCUT2D eigenvalue weighted by molar-refractivity contribution is -0.135. The van der Waals surface area contributed by atoms with Crippen LogP contribution in [0.25, 0.3) is 0 Å². The van der Waals surface area contributed by atoms with Crippen LogP contribution in [0, 0.1) is 13.8 Å². The van der Waals surface area contributed by atoms with Gasteiger partial charge in [0, 0.05) is 12.2 Å². The molecule has 0 atom stereocenters.